The summed E-state index contributed by atoms with van der Waals surface area (Å²) < 4.78 is 53.6. The third-order valence-electron chi connectivity index (χ3n) is 2.89. The summed E-state index contributed by atoms with van der Waals surface area (Å²) in [5.41, 5.74) is -0.795. The van der Waals surface area contributed by atoms with Crippen molar-refractivity contribution >= 4 is 17.6 Å². The molecule has 2 aromatic rings. The van der Waals surface area contributed by atoms with Gasteiger partial charge in [0.15, 0.2) is 5.69 Å². The quantitative estimate of drug-likeness (QED) is 0.453. The molecule has 1 aromatic carbocycles. The van der Waals surface area contributed by atoms with Gasteiger partial charge in [-0.15, -0.1) is 0 Å². The Balaban J connectivity index is 2.36. The first kappa shape index (κ1) is 18.7. The van der Waals surface area contributed by atoms with Crippen LogP contribution in [0.3, 0.4) is 0 Å². The number of carbonyl (C=O) groups excluding carboxylic acids is 1. The lowest BCUT2D eigenvalue weighted by atomic mass is 10.3. The Bertz CT molecular complexity index is 802. The van der Waals surface area contributed by atoms with E-state index in [0.29, 0.717) is 0 Å². The maximum Gasteiger partial charge on any atom is 0.435 e. The Labute approximate surface area is 145 Å². The van der Waals surface area contributed by atoms with E-state index in [9.17, 15) is 18.0 Å². The van der Waals surface area contributed by atoms with Crippen molar-refractivity contribution in [3.63, 3.8) is 0 Å². The van der Waals surface area contributed by atoms with Crippen LogP contribution in [-0.4, -0.2) is 30.0 Å². The maximum absolute atomic E-state index is 12.7. The van der Waals surface area contributed by atoms with Gasteiger partial charge < -0.3 is 14.2 Å². The molecule has 1 heterocycles. The Kier molecular flexibility index (Phi) is 5.58. The Morgan fingerprint density at radius 1 is 1.28 bits per heavy atom. The van der Waals surface area contributed by atoms with E-state index < -0.39 is 17.8 Å². The van der Waals surface area contributed by atoms with Gasteiger partial charge in [0.1, 0.15) is 12.0 Å². The van der Waals surface area contributed by atoms with Gasteiger partial charge in [0.25, 0.3) is 0 Å². The van der Waals surface area contributed by atoms with E-state index in [-0.39, 0.29) is 22.2 Å². The Morgan fingerprint density at radius 3 is 2.56 bits per heavy atom. The van der Waals surface area contributed by atoms with Crippen LogP contribution in [0.25, 0.3) is 5.69 Å². The molecule has 0 saturated carbocycles. The highest BCUT2D eigenvalue weighted by Gasteiger charge is 2.33. The van der Waals surface area contributed by atoms with Crippen molar-refractivity contribution in [3.05, 3.63) is 53.2 Å². The fourth-order valence-corrected chi connectivity index (χ4v) is 1.93. The summed E-state index contributed by atoms with van der Waals surface area (Å²) in [6.45, 7) is 0. The standard InChI is InChI=1S/C15H12ClF3N2O4/c1-23-8-12(14(22)24-2)25-11-7-9(3-4-10(11)16)21-6-5-13(20-21)15(17,18)19/h3-8H,1-2H3/b12-8-. The maximum atomic E-state index is 12.7. The van der Waals surface area contributed by atoms with Crippen LogP contribution in [0.4, 0.5) is 13.2 Å². The van der Waals surface area contributed by atoms with Gasteiger partial charge in [0, 0.05) is 12.3 Å². The summed E-state index contributed by atoms with van der Waals surface area (Å²) in [6, 6.07) is 4.99. The van der Waals surface area contributed by atoms with Crippen LogP contribution < -0.4 is 4.74 Å². The van der Waals surface area contributed by atoms with Crippen LogP contribution in [0, 0.1) is 0 Å². The second-order valence-corrected chi connectivity index (χ2v) is 4.98. The molecule has 0 bridgehead atoms. The molecule has 6 nitrogen and oxygen atoms in total. The molecule has 2 rings (SSSR count). The lowest BCUT2D eigenvalue weighted by Gasteiger charge is -2.11. The van der Waals surface area contributed by atoms with Gasteiger partial charge in [-0.3, -0.25) is 0 Å². The normalized spacial score (nSPS) is 12.0. The number of halogens is 4. The first-order valence-corrected chi connectivity index (χ1v) is 7.06. The number of esters is 1. The molecule has 25 heavy (non-hydrogen) atoms. The van der Waals surface area contributed by atoms with Crippen molar-refractivity contribution in [2.45, 2.75) is 6.18 Å². The molecule has 0 aliphatic heterocycles. The number of carbonyl (C=O) groups is 1. The van der Waals surface area contributed by atoms with E-state index in [0.717, 1.165) is 30.3 Å². The highest BCUT2D eigenvalue weighted by molar-refractivity contribution is 6.32. The summed E-state index contributed by atoms with van der Waals surface area (Å²) in [6.07, 6.45) is -2.41. The minimum atomic E-state index is -4.56. The molecule has 0 N–H and O–H groups in total. The molecule has 0 amide bonds. The van der Waals surface area contributed by atoms with Crippen molar-refractivity contribution in [1.29, 1.82) is 0 Å². The number of aromatic nitrogens is 2. The zero-order valence-electron chi connectivity index (χ0n) is 13.0. The Hall–Kier alpha value is -2.68. The van der Waals surface area contributed by atoms with Gasteiger partial charge in [-0.05, 0) is 18.2 Å². The van der Waals surface area contributed by atoms with Crippen molar-refractivity contribution < 1.29 is 32.2 Å². The highest BCUT2D eigenvalue weighted by atomic mass is 35.5. The first-order chi connectivity index (χ1) is 11.8. The van der Waals surface area contributed by atoms with Crippen LogP contribution in [0.1, 0.15) is 5.69 Å². The van der Waals surface area contributed by atoms with Crippen LogP contribution in [0.2, 0.25) is 5.02 Å². The number of benzene rings is 1. The third-order valence-corrected chi connectivity index (χ3v) is 3.20. The molecule has 0 radical (unpaired) electrons. The van der Waals surface area contributed by atoms with Crippen LogP contribution >= 0.6 is 11.6 Å². The second kappa shape index (κ2) is 7.47. The lowest BCUT2D eigenvalue weighted by Crippen LogP contribution is -2.11. The topological polar surface area (TPSA) is 62.6 Å². The van der Waals surface area contributed by atoms with Gasteiger partial charge in [-0.2, -0.15) is 18.3 Å². The number of hydrogen-bond donors (Lipinski definition) is 0. The monoisotopic (exact) mass is 376 g/mol. The van der Waals surface area contributed by atoms with Gasteiger partial charge >= 0.3 is 12.1 Å². The summed E-state index contributed by atoms with van der Waals surface area (Å²) >= 11 is 6.00. The first-order valence-electron chi connectivity index (χ1n) is 6.68. The van der Waals surface area contributed by atoms with Crippen molar-refractivity contribution in [3.8, 4) is 11.4 Å². The zero-order valence-corrected chi connectivity index (χ0v) is 13.8. The molecule has 10 heteroatoms. The lowest BCUT2D eigenvalue weighted by molar-refractivity contribution is -0.141. The van der Waals surface area contributed by atoms with Gasteiger partial charge in [0.05, 0.1) is 24.9 Å². The van der Waals surface area contributed by atoms with Gasteiger partial charge in [-0.1, -0.05) is 11.6 Å². The molecule has 0 spiro atoms. The van der Waals surface area contributed by atoms with E-state index in [1.165, 1.54) is 25.3 Å². The van der Waals surface area contributed by atoms with Crippen LogP contribution in [0.15, 0.2) is 42.5 Å². The predicted octanol–water partition coefficient (Wildman–Crippen LogP) is 3.58. The molecule has 1 aromatic heterocycles. The number of rotatable bonds is 5. The molecular formula is C15H12ClF3N2O4. The second-order valence-electron chi connectivity index (χ2n) is 4.57. The van der Waals surface area contributed by atoms with Crippen molar-refractivity contribution in [1.82, 2.24) is 9.78 Å². The molecule has 0 saturated heterocycles. The van der Waals surface area contributed by atoms with Gasteiger partial charge in [0.2, 0.25) is 5.76 Å². The van der Waals surface area contributed by atoms with Crippen LogP contribution in [0.5, 0.6) is 5.75 Å². The average Bonchev–Trinajstić information content (AvgIpc) is 3.06. The molecule has 0 unspecified atom stereocenters. The molecule has 134 valence electrons. The number of ether oxygens (including phenoxy) is 3. The number of hydrogen-bond acceptors (Lipinski definition) is 5. The largest absolute Gasteiger partial charge is 0.500 e. The van der Waals surface area contributed by atoms with E-state index in [1.54, 1.807) is 0 Å². The van der Waals surface area contributed by atoms with Crippen molar-refractivity contribution in [2.24, 2.45) is 0 Å². The fourth-order valence-electron chi connectivity index (χ4n) is 1.77. The molecular weight excluding hydrogens is 365 g/mol. The number of methoxy groups -OCH3 is 2. The number of nitrogens with zero attached hydrogens (tertiary/aromatic N) is 2. The molecule has 0 fully saturated rings. The zero-order chi connectivity index (χ0) is 18.6. The minimum Gasteiger partial charge on any atom is -0.500 e. The predicted molar refractivity (Wildman–Crippen MR) is 81.3 cm³/mol. The molecule has 0 aliphatic carbocycles. The molecule has 0 atom stereocenters. The summed E-state index contributed by atoms with van der Waals surface area (Å²) in [5, 5.41) is 3.57. The number of alkyl halides is 3. The van der Waals surface area contributed by atoms with E-state index in [4.69, 9.17) is 21.1 Å². The van der Waals surface area contributed by atoms with E-state index in [1.807, 2.05) is 0 Å². The highest BCUT2D eigenvalue weighted by Crippen LogP contribution is 2.31. The SMILES string of the molecule is CO/C=C(\Oc1cc(-n2ccc(C(F)(F)F)n2)ccc1Cl)C(=O)OC. The molecule has 0 aliphatic rings. The fraction of sp³-hybridized carbons (Fsp3) is 0.200. The van der Waals surface area contributed by atoms with Crippen LogP contribution in [-0.2, 0) is 20.4 Å². The summed E-state index contributed by atoms with van der Waals surface area (Å²) in [7, 11) is 2.45. The minimum absolute atomic E-state index is 0.0110. The smallest absolute Gasteiger partial charge is 0.435 e. The van der Waals surface area contributed by atoms with E-state index in [2.05, 4.69) is 9.84 Å². The third kappa shape index (κ3) is 4.44. The Morgan fingerprint density at radius 2 is 2.00 bits per heavy atom. The van der Waals surface area contributed by atoms with E-state index >= 15 is 0 Å². The van der Waals surface area contributed by atoms with Crippen molar-refractivity contribution in [2.75, 3.05) is 14.2 Å². The summed E-state index contributed by atoms with van der Waals surface area (Å²) in [4.78, 5) is 11.6. The average molecular weight is 377 g/mol. The van der Waals surface area contributed by atoms with Gasteiger partial charge in [-0.25, -0.2) is 9.48 Å². The summed E-state index contributed by atoms with van der Waals surface area (Å²) in [5.74, 6) is -1.10.